The highest BCUT2D eigenvalue weighted by atomic mass is 16.5. The Morgan fingerprint density at radius 1 is 1.37 bits per heavy atom. The number of anilines is 1. The third-order valence-electron chi connectivity index (χ3n) is 3.43. The third kappa shape index (κ3) is 3.05. The molecule has 0 saturated carbocycles. The minimum Gasteiger partial charge on any atom is -0.482 e. The minimum absolute atomic E-state index is 0.0474. The van der Waals surface area contributed by atoms with Gasteiger partial charge in [-0.05, 0) is 37.5 Å². The van der Waals surface area contributed by atoms with E-state index < -0.39 is 0 Å². The molecule has 1 heterocycles. The molecule has 0 aromatic heterocycles. The molecule has 4 N–H and O–H groups in total. The lowest BCUT2D eigenvalue weighted by atomic mass is 9.99. The van der Waals surface area contributed by atoms with Gasteiger partial charge >= 0.3 is 0 Å². The number of benzene rings is 1. The molecule has 0 saturated heterocycles. The molecule has 104 valence electrons. The van der Waals surface area contributed by atoms with Crippen LogP contribution in [0.4, 0.5) is 5.69 Å². The van der Waals surface area contributed by atoms with E-state index in [0.29, 0.717) is 0 Å². The first-order valence-corrected chi connectivity index (χ1v) is 6.53. The van der Waals surface area contributed by atoms with E-state index >= 15 is 0 Å². The van der Waals surface area contributed by atoms with E-state index in [9.17, 15) is 4.79 Å². The van der Waals surface area contributed by atoms with Gasteiger partial charge in [0, 0.05) is 19.1 Å². The van der Waals surface area contributed by atoms with Crippen LogP contribution >= 0.6 is 0 Å². The number of nitrogens with zero attached hydrogens (tertiary/aromatic N) is 1. The van der Waals surface area contributed by atoms with Crippen LogP contribution in [0.15, 0.2) is 18.2 Å². The Balaban J connectivity index is 2.18. The van der Waals surface area contributed by atoms with Gasteiger partial charge in [0.1, 0.15) is 5.75 Å². The molecule has 0 aliphatic carbocycles. The van der Waals surface area contributed by atoms with Crippen LogP contribution in [0.5, 0.6) is 5.75 Å². The van der Waals surface area contributed by atoms with Crippen LogP contribution in [0.25, 0.3) is 0 Å². The standard InChI is InChI=1S/C14H21N3O2/c1-9(15)3-5-11(16)10-4-6-13-12(7-10)17(2)14(18)8-19-13/h4,6-7,9,11H,3,5,8,15-16H2,1-2H3. The van der Waals surface area contributed by atoms with Gasteiger partial charge in [0.2, 0.25) is 0 Å². The molecule has 0 fully saturated rings. The maximum Gasteiger partial charge on any atom is 0.264 e. The molecule has 2 atom stereocenters. The van der Waals surface area contributed by atoms with Crippen molar-refractivity contribution in [2.45, 2.75) is 31.8 Å². The van der Waals surface area contributed by atoms with Crippen LogP contribution < -0.4 is 21.1 Å². The SMILES string of the molecule is CC(N)CCC(N)c1ccc2c(c1)N(C)C(=O)CO2. The average molecular weight is 263 g/mol. The van der Waals surface area contributed by atoms with E-state index in [-0.39, 0.29) is 24.6 Å². The van der Waals surface area contributed by atoms with Crippen LogP contribution in [0.1, 0.15) is 31.4 Å². The highest BCUT2D eigenvalue weighted by Gasteiger charge is 2.23. The average Bonchev–Trinajstić information content (AvgIpc) is 2.40. The molecule has 2 rings (SSSR count). The lowest BCUT2D eigenvalue weighted by Crippen LogP contribution is -2.35. The van der Waals surface area contributed by atoms with E-state index in [4.69, 9.17) is 16.2 Å². The van der Waals surface area contributed by atoms with E-state index in [1.165, 1.54) is 0 Å². The Morgan fingerprint density at radius 3 is 2.79 bits per heavy atom. The fraction of sp³-hybridized carbons (Fsp3) is 0.500. The monoisotopic (exact) mass is 263 g/mol. The lowest BCUT2D eigenvalue weighted by Gasteiger charge is -2.27. The first-order valence-electron chi connectivity index (χ1n) is 6.53. The fourth-order valence-electron chi connectivity index (χ4n) is 2.13. The molecule has 0 radical (unpaired) electrons. The minimum atomic E-state index is -0.0678. The zero-order valence-corrected chi connectivity index (χ0v) is 11.4. The van der Waals surface area contributed by atoms with E-state index in [0.717, 1.165) is 29.8 Å². The second-order valence-electron chi connectivity index (χ2n) is 5.13. The maximum absolute atomic E-state index is 11.6. The summed E-state index contributed by atoms with van der Waals surface area (Å²) in [5.74, 6) is 0.680. The number of ether oxygens (including phenoxy) is 1. The largest absolute Gasteiger partial charge is 0.482 e. The summed E-state index contributed by atoms with van der Waals surface area (Å²) in [7, 11) is 1.75. The summed E-state index contributed by atoms with van der Waals surface area (Å²) in [4.78, 5) is 13.2. The van der Waals surface area contributed by atoms with Crippen molar-refractivity contribution in [2.24, 2.45) is 11.5 Å². The molecule has 19 heavy (non-hydrogen) atoms. The molecular weight excluding hydrogens is 242 g/mol. The fourth-order valence-corrected chi connectivity index (χ4v) is 2.13. The summed E-state index contributed by atoms with van der Waals surface area (Å²) in [6, 6.07) is 5.84. The first-order chi connectivity index (χ1) is 8.99. The summed E-state index contributed by atoms with van der Waals surface area (Å²) in [5.41, 5.74) is 13.7. The number of hydrogen-bond donors (Lipinski definition) is 2. The van der Waals surface area contributed by atoms with Crippen LogP contribution in [0, 0.1) is 0 Å². The molecule has 1 aromatic carbocycles. The summed E-state index contributed by atoms with van der Waals surface area (Å²) in [6.45, 7) is 2.07. The molecule has 1 amide bonds. The molecule has 0 bridgehead atoms. The van der Waals surface area contributed by atoms with Crippen molar-refractivity contribution in [3.05, 3.63) is 23.8 Å². The Morgan fingerprint density at radius 2 is 2.11 bits per heavy atom. The number of carbonyl (C=O) groups is 1. The summed E-state index contributed by atoms with van der Waals surface area (Å²) >= 11 is 0. The summed E-state index contributed by atoms with van der Waals surface area (Å²) in [5, 5.41) is 0. The highest BCUT2D eigenvalue weighted by Crippen LogP contribution is 2.33. The molecule has 1 aliphatic rings. The van der Waals surface area contributed by atoms with Crippen molar-refractivity contribution in [3.8, 4) is 5.75 Å². The molecule has 5 nitrogen and oxygen atoms in total. The molecule has 2 unspecified atom stereocenters. The van der Waals surface area contributed by atoms with Crippen LogP contribution in [0.3, 0.4) is 0 Å². The van der Waals surface area contributed by atoms with Crippen molar-refractivity contribution in [1.29, 1.82) is 0 Å². The van der Waals surface area contributed by atoms with Crippen molar-refractivity contribution in [3.63, 3.8) is 0 Å². The number of rotatable bonds is 4. The normalized spacial score (nSPS) is 17.7. The smallest absolute Gasteiger partial charge is 0.264 e. The van der Waals surface area contributed by atoms with Gasteiger partial charge in [-0.2, -0.15) is 0 Å². The van der Waals surface area contributed by atoms with Crippen molar-refractivity contribution >= 4 is 11.6 Å². The number of nitrogens with two attached hydrogens (primary N) is 2. The Kier molecular flexibility index (Phi) is 4.07. The zero-order valence-electron chi connectivity index (χ0n) is 11.4. The van der Waals surface area contributed by atoms with E-state index in [2.05, 4.69) is 0 Å². The van der Waals surface area contributed by atoms with E-state index in [1.54, 1.807) is 11.9 Å². The Hall–Kier alpha value is -1.59. The first kappa shape index (κ1) is 13.8. The number of fused-ring (bicyclic) bond motifs is 1. The molecule has 5 heteroatoms. The number of carbonyl (C=O) groups excluding carboxylic acids is 1. The van der Waals surface area contributed by atoms with Crippen molar-refractivity contribution < 1.29 is 9.53 Å². The highest BCUT2D eigenvalue weighted by molar-refractivity contribution is 5.97. The maximum atomic E-state index is 11.6. The van der Waals surface area contributed by atoms with Crippen LogP contribution in [-0.2, 0) is 4.79 Å². The van der Waals surface area contributed by atoms with Gasteiger partial charge < -0.3 is 21.1 Å². The molecular formula is C14H21N3O2. The predicted molar refractivity (Wildman–Crippen MR) is 75.2 cm³/mol. The van der Waals surface area contributed by atoms with E-state index in [1.807, 2.05) is 25.1 Å². The Labute approximate surface area is 113 Å². The van der Waals surface area contributed by atoms with Gasteiger partial charge in [0.15, 0.2) is 6.61 Å². The number of likely N-dealkylation sites (N-methyl/N-ethyl adjacent to an activating group) is 1. The summed E-state index contributed by atoms with van der Waals surface area (Å²) < 4.78 is 5.39. The molecule has 1 aliphatic heterocycles. The Bertz CT molecular complexity index is 474. The van der Waals surface area contributed by atoms with Gasteiger partial charge in [-0.1, -0.05) is 6.07 Å². The van der Waals surface area contributed by atoms with Gasteiger partial charge in [-0.3, -0.25) is 4.79 Å². The lowest BCUT2D eigenvalue weighted by molar-refractivity contribution is -0.120. The topological polar surface area (TPSA) is 81.6 Å². The van der Waals surface area contributed by atoms with Gasteiger partial charge in [-0.15, -0.1) is 0 Å². The van der Waals surface area contributed by atoms with Crippen molar-refractivity contribution in [1.82, 2.24) is 0 Å². The predicted octanol–water partition coefficient (Wildman–Crippen LogP) is 1.17. The second-order valence-corrected chi connectivity index (χ2v) is 5.13. The quantitative estimate of drug-likeness (QED) is 0.854. The van der Waals surface area contributed by atoms with Gasteiger partial charge in [0.05, 0.1) is 5.69 Å². The zero-order chi connectivity index (χ0) is 14.0. The van der Waals surface area contributed by atoms with Crippen LogP contribution in [-0.4, -0.2) is 25.6 Å². The van der Waals surface area contributed by atoms with Crippen LogP contribution in [0.2, 0.25) is 0 Å². The number of amides is 1. The van der Waals surface area contributed by atoms with Crippen molar-refractivity contribution in [2.75, 3.05) is 18.6 Å². The van der Waals surface area contributed by atoms with Gasteiger partial charge in [-0.25, -0.2) is 0 Å². The third-order valence-corrected chi connectivity index (χ3v) is 3.43. The second kappa shape index (κ2) is 5.59. The molecule has 0 spiro atoms. The summed E-state index contributed by atoms with van der Waals surface area (Å²) in [6.07, 6.45) is 1.71. The van der Waals surface area contributed by atoms with Gasteiger partial charge in [0.25, 0.3) is 5.91 Å². The number of hydrogen-bond acceptors (Lipinski definition) is 4. The molecule has 1 aromatic rings.